The Kier molecular flexibility index (Phi) is 1.40. The fraction of sp³-hybridized carbons (Fsp3) is 1.00. The standard InChI is InChI=1S/C14H22/c1-9-7-10-3-2-4-12(10)14(9)8-11-5-6-13(11)14/h9-13H,2-8H2,1H3/t9?,10?,11?,12-,13?,14-/m0/s1. The van der Waals surface area contributed by atoms with Crippen LogP contribution in [0.4, 0.5) is 0 Å². The predicted molar refractivity (Wildman–Crippen MR) is 57.9 cm³/mol. The number of rotatable bonds is 0. The molecule has 4 rings (SSSR count). The third-order valence-electron chi connectivity index (χ3n) is 6.65. The molecule has 0 aromatic rings. The van der Waals surface area contributed by atoms with Crippen molar-refractivity contribution in [3.05, 3.63) is 0 Å². The average Bonchev–Trinajstić information content (AvgIpc) is 2.65. The van der Waals surface area contributed by atoms with Crippen molar-refractivity contribution in [3.63, 3.8) is 0 Å². The summed E-state index contributed by atoms with van der Waals surface area (Å²) in [5.74, 6) is 5.81. The molecular weight excluding hydrogens is 168 g/mol. The molecule has 4 fully saturated rings. The van der Waals surface area contributed by atoms with E-state index >= 15 is 0 Å². The van der Waals surface area contributed by atoms with Crippen molar-refractivity contribution in [2.45, 2.75) is 51.9 Å². The van der Waals surface area contributed by atoms with Gasteiger partial charge in [0.1, 0.15) is 0 Å². The minimum Gasteiger partial charge on any atom is -0.0619 e. The first-order chi connectivity index (χ1) is 6.82. The van der Waals surface area contributed by atoms with Crippen molar-refractivity contribution in [1.29, 1.82) is 0 Å². The monoisotopic (exact) mass is 190 g/mol. The molecule has 0 radical (unpaired) electrons. The topological polar surface area (TPSA) is 0 Å². The normalized spacial score (nSPS) is 64.5. The Labute approximate surface area is 87.5 Å². The predicted octanol–water partition coefficient (Wildman–Crippen LogP) is 3.86. The van der Waals surface area contributed by atoms with Crippen molar-refractivity contribution in [3.8, 4) is 0 Å². The lowest BCUT2D eigenvalue weighted by molar-refractivity contribution is -0.164. The largest absolute Gasteiger partial charge is 0.0619 e. The highest BCUT2D eigenvalue weighted by molar-refractivity contribution is 5.16. The summed E-state index contributed by atoms with van der Waals surface area (Å²) in [5.41, 5.74) is 0.893. The van der Waals surface area contributed by atoms with Gasteiger partial charge >= 0.3 is 0 Å². The second-order valence-electron chi connectivity index (χ2n) is 6.69. The number of fused-ring (bicyclic) bond motifs is 4. The molecule has 0 aliphatic heterocycles. The van der Waals surface area contributed by atoms with E-state index in [1.165, 1.54) is 17.8 Å². The summed E-state index contributed by atoms with van der Waals surface area (Å²) in [7, 11) is 0. The minimum absolute atomic E-state index is 0.893. The van der Waals surface area contributed by atoms with Gasteiger partial charge in [-0.1, -0.05) is 19.8 Å². The molecule has 4 aliphatic carbocycles. The second kappa shape index (κ2) is 2.39. The third kappa shape index (κ3) is 0.686. The van der Waals surface area contributed by atoms with Crippen LogP contribution >= 0.6 is 0 Å². The molecule has 1 spiro atoms. The average molecular weight is 190 g/mol. The van der Waals surface area contributed by atoms with E-state index in [0.717, 1.165) is 17.3 Å². The number of hydrogen-bond acceptors (Lipinski definition) is 0. The van der Waals surface area contributed by atoms with Crippen LogP contribution in [0.15, 0.2) is 0 Å². The lowest BCUT2D eigenvalue weighted by atomic mass is 9.39. The van der Waals surface area contributed by atoms with Gasteiger partial charge < -0.3 is 0 Å². The Bertz CT molecular complexity index is 265. The van der Waals surface area contributed by atoms with Crippen molar-refractivity contribution in [1.82, 2.24) is 0 Å². The summed E-state index contributed by atoms with van der Waals surface area (Å²) in [6.07, 6.45) is 11.1. The Morgan fingerprint density at radius 1 is 0.929 bits per heavy atom. The van der Waals surface area contributed by atoms with E-state index in [2.05, 4.69) is 6.92 Å². The lowest BCUT2D eigenvalue weighted by Crippen LogP contribution is -2.58. The molecule has 0 saturated heterocycles. The zero-order valence-electron chi connectivity index (χ0n) is 9.34. The molecule has 0 aromatic heterocycles. The van der Waals surface area contributed by atoms with Gasteiger partial charge in [0.15, 0.2) is 0 Å². The molecule has 78 valence electrons. The Balaban J connectivity index is 1.70. The Morgan fingerprint density at radius 3 is 2.43 bits per heavy atom. The molecular formula is C14H22. The van der Waals surface area contributed by atoms with Gasteiger partial charge in [0, 0.05) is 0 Å². The van der Waals surface area contributed by atoms with Gasteiger partial charge in [0.05, 0.1) is 0 Å². The van der Waals surface area contributed by atoms with Crippen LogP contribution in [0.2, 0.25) is 0 Å². The summed E-state index contributed by atoms with van der Waals surface area (Å²) < 4.78 is 0. The van der Waals surface area contributed by atoms with Gasteiger partial charge in [-0.25, -0.2) is 0 Å². The molecule has 0 amide bonds. The highest BCUT2D eigenvalue weighted by atomic mass is 14.7. The fourth-order valence-electron chi connectivity index (χ4n) is 6.02. The van der Waals surface area contributed by atoms with Crippen molar-refractivity contribution >= 4 is 0 Å². The minimum atomic E-state index is 0.893. The van der Waals surface area contributed by atoms with E-state index in [1.54, 1.807) is 44.9 Å². The smallest absolute Gasteiger partial charge is 0.0207 e. The molecule has 4 aliphatic rings. The van der Waals surface area contributed by atoms with E-state index in [-0.39, 0.29) is 0 Å². The molecule has 14 heavy (non-hydrogen) atoms. The van der Waals surface area contributed by atoms with Gasteiger partial charge in [-0.15, -0.1) is 0 Å². The van der Waals surface area contributed by atoms with Gasteiger partial charge in [-0.3, -0.25) is 0 Å². The number of hydrogen-bond donors (Lipinski definition) is 0. The summed E-state index contributed by atoms with van der Waals surface area (Å²) in [4.78, 5) is 0. The van der Waals surface area contributed by atoms with Crippen molar-refractivity contribution in [2.75, 3.05) is 0 Å². The summed E-state index contributed by atoms with van der Waals surface area (Å²) in [5, 5.41) is 0. The van der Waals surface area contributed by atoms with Gasteiger partial charge in [0.2, 0.25) is 0 Å². The summed E-state index contributed by atoms with van der Waals surface area (Å²) in [6, 6.07) is 0. The maximum Gasteiger partial charge on any atom is -0.0207 e. The zero-order valence-corrected chi connectivity index (χ0v) is 9.34. The van der Waals surface area contributed by atoms with Crippen LogP contribution in [0.5, 0.6) is 0 Å². The van der Waals surface area contributed by atoms with Crippen LogP contribution in [0, 0.1) is 35.0 Å². The summed E-state index contributed by atoms with van der Waals surface area (Å²) in [6.45, 7) is 2.58. The van der Waals surface area contributed by atoms with E-state index < -0.39 is 0 Å². The lowest BCUT2D eigenvalue weighted by Gasteiger charge is -2.65. The fourth-order valence-corrected chi connectivity index (χ4v) is 6.02. The van der Waals surface area contributed by atoms with Crippen LogP contribution in [0.1, 0.15) is 51.9 Å². The molecule has 0 bridgehead atoms. The van der Waals surface area contributed by atoms with Gasteiger partial charge in [-0.2, -0.15) is 0 Å². The van der Waals surface area contributed by atoms with E-state index in [1.807, 2.05) is 0 Å². The molecule has 0 N–H and O–H groups in total. The van der Waals surface area contributed by atoms with Crippen LogP contribution < -0.4 is 0 Å². The molecule has 4 saturated carbocycles. The highest BCUT2D eigenvalue weighted by Crippen LogP contribution is 2.75. The van der Waals surface area contributed by atoms with Crippen LogP contribution in [-0.4, -0.2) is 0 Å². The molecule has 0 aromatic carbocycles. The van der Waals surface area contributed by atoms with Crippen LogP contribution in [0.3, 0.4) is 0 Å². The van der Waals surface area contributed by atoms with Gasteiger partial charge in [0.25, 0.3) is 0 Å². The first-order valence-electron chi connectivity index (χ1n) is 6.82. The summed E-state index contributed by atoms with van der Waals surface area (Å²) >= 11 is 0. The quantitative estimate of drug-likeness (QED) is 0.544. The first-order valence-corrected chi connectivity index (χ1v) is 6.82. The molecule has 0 heterocycles. The SMILES string of the molecule is CC1CC2CCC[C@@H]2[C@]12CC1CCC12. The second-order valence-corrected chi connectivity index (χ2v) is 6.69. The molecule has 0 nitrogen and oxygen atoms in total. The highest BCUT2D eigenvalue weighted by Gasteiger charge is 2.67. The Hall–Kier alpha value is 0. The molecule has 6 atom stereocenters. The van der Waals surface area contributed by atoms with E-state index in [9.17, 15) is 0 Å². The zero-order chi connectivity index (χ0) is 9.34. The van der Waals surface area contributed by atoms with Crippen LogP contribution in [0.25, 0.3) is 0 Å². The van der Waals surface area contributed by atoms with Gasteiger partial charge in [-0.05, 0) is 67.1 Å². The first kappa shape index (κ1) is 8.19. The maximum absolute atomic E-state index is 2.58. The van der Waals surface area contributed by atoms with E-state index in [4.69, 9.17) is 0 Å². The van der Waals surface area contributed by atoms with Crippen molar-refractivity contribution in [2.24, 2.45) is 35.0 Å². The Morgan fingerprint density at radius 2 is 1.79 bits per heavy atom. The third-order valence-corrected chi connectivity index (χ3v) is 6.65. The van der Waals surface area contributed by atoms with E-state index in [0.29, 0.717) is 0 Å². The molecule has 0 heteroatoms. The van der Waals surface area contributed by atoms with Crippen molar-refractivity contribution < 1.29 is 0 Å². The maximum atomic E-state index is 2.58. The van der Waals surface area contributed by atoms with Crippen LogP contribution in [-0.2, 0) is 0 Å². The molecule has 4 unspecified atom stereocenters.